The molecule has 0 saturated heterocycles. The number of rotatable bonds is 0. The Hall–Kier alpha value is -1.51. The lowest BCUT2D eigenvalue weighted by molar-refractivity contribution is 0.886. The Balaban J connectivity index is 2.31. The molecule has 2 heterocycles. The zero-order chi connectivity index (χ0) is 9.26. The van der Waals surface area contributed by atoms with Gasteiger partial charge in [0.15, 0.2) is 0 Å². The first-order valence-corrected chi connectivity index (χ1v) is 4.41. The molecule has 2 N–H and O–H groups in total. The average Bonchev–Trinajstić information content (AvgIpc) is 2.30. The van der Waals surface area contributed by atoms with Crippen LogP contribution in [0.1, 0.15) is 19.8 Å². The van der Waals surface area contributed by atoms with E-state index in [4.69, 9.17) is 0 Å². The molecule has 0 spiro atoms. The Kier molecular flexibility index (Phi) is 1.93. The van der Waals surface area contributed by atoms with Gasteiger partial charge in [-0.1, -0.05) is 12.2 Å². The van der Waals surface area contributed by atoms with Gasteiger partial charge in [-0.05, 0) is 19.8 Å². The first kappa shape index (κ1) is 8.10. The van der Waals surface area contributed by atoms with Gasteiger partial charge < -0.3 is 10.6 Å². The van der Waals surface area contributed by atoms with Gasteiger partial charge in [0.05, 0.1) is 6.34 Å². The standard InChI is InChI=1S/C10H13N3/c1-7-3-4-9-8(2)12-6-13-10(9)11-5-7/h5-6,11H,2-4H2,1H3,(H,12,13). The van der Waals surface area contributed by atoms with Crippen LogP contribution in [0, 0.1) is 0 Å². The summed E-state index contributed by atoms with van der Waals surface area (Å²) in [6.07, 6.45) is 5.76. The Morgan fingerprint density at radius 3 is 3.08 bits per heavy atom. The minimum atomic E-state index is 0.931. The zero-order valence-corrected chi connectivity index (χ0v) is 7.72. The summed E-state index contributed by atoms with van der Waals surface area (Å²) in [4.78, 5) is 4.22. The number of nitrogens with zero attached hydrogens (tertiary/aromatic N) is 1. The number of nitrogens with one attached hydrogen (secondary N) is 2. The third kappa shape index (κ3) is 1.49. The molecule has 13 heavy (non-hydrogen) atoms. The summed E-state index contributed by atoms with van der Waals surface area (Å²) in [6, 6.07) is 0. The molecule has 0 fully saturated rings. The number of hydrogen-bond acceptors (Lipinski definition) is 3. The lowest BCUT2D eigenvalue weighted by atomic mass is 10.0. The normalized spacial score (nSPS) is 21.3. The molecule has 0 unspecified atom stereocenters. The van der Waals surface area contributed by atoms with Gasteiger partial charge in [0.2, 0.25) is 0 Å². The fraction of sp³-hybridized carbons (Fsp3) is 0.300. The van der Waals surface area contributed by atoms with Crippen LogP contribution in [0.4, 0.5) is 0 Å². The van der Waals surface area contributed by atoms with E-state index in [-0.39, 0.29) is 0 Å². The van der Waals surface area contributed by atoms with Gasteiger partial charge in [0.25, 0.3) is 0 Å². The van der Waals surface area contributed by atoms with E-state index in [1.54, 1.807) is 6.34 Å². The maximum absolute atomic E-state index is 4.22. The molecule has 0 radical (unpaired) electrons. The number of hydrogen-bond donors (Lipinski definition) is 2. The first-order valence-electron chi connectivity index (χ1n) is 4.41. The van der Waals surface area contributed by atoms with E-state index < -0.39 is 0 Å². The predicted molar refractivity (Wildman–Crippen MR) is 53.9 cm³/mol. The molecule has 2 aliphatic rings. The van der Waals surface area contributed by atoms with Gasteiger partial charge in [0.1, 0.15) is 5.82 Å². The van der Waals surface area contributed by atoms with Crippen molar-refractivity contribution in [2.24, 2.45) is 4.99 Å². The minimum Gasteiger partial charge on any atom is -0.346 e. The smallest absolute Gasteiger partial charge is 0.136 e. The van der Waals surface area contributed by atoms with Crippen LogP contribution in [0.15, 0.2) is 40.4 Å². The van der Waals surface area contributed by atoms with Crippen molar-refractivity contribution >= 4 is 6.34 Å². The number of allylic oxidation sites excluding steroid dienone is 2. The summed E-state index contributed by atoms with van der Waals surface area (Å²) in [7, 11) is 0. The highest BCUT2D eigenvalue weighted by Crippen LogP contribution is 2.23. The molecule has 2 aliphatic heterocycles. The quantitative estimate of drug-likeness (QED) is 0.587. The van der Waals surface area contributed by atoms with Crippen LogP contribution in [0.2, 0.25) is 0 Å². The molecule has 0 aromatic heterocycles. The van der Waals surface area contributed by atoms with Crippen molar-refractivity contribution in [2.45, 2.75) is 19.8 Å². The topological polar surface area (TPSA) is 36.4 Å². The van der Waals surface area contributed by atoms with E-state index in [9.17, 15) is 0 Å². The monoisotopic (exact) mass is 175 g/mol. The van der Waals surface area contributed by atoms with E-state index in [1.165, 1.54) is 11.1 Å². The fourth-order valence-electron chi connectivity index (χ4n) is 1.46. The maximum Gasteiger partial charge on any atom is 0.136 e. The van der Waals surface area contributed by atoms with Crippen LogP contribution in [-0.2, 0) is 0 Å². The van der Waals surface area contributed by atoms with Crippen molar-refractivity contribution in [1.29, 1.82) is 0 Å². The largest absolute Gasteiger partial charge is 0.346 e. The average molecular weight is 175 g/mol. The van der Waals surface area contributed by atoms with Crippen LogP contribution < -0.4 is 10.6 Å². The van der Waals surface area contributed by atoms with Crippen molar-refractivity contribution in [2.75, 3.05) is 0 Å². The second-order valence-corrected chi connectivity index (χ2v) is 3.34. The van der Waals surface area contributed by atoms with E-state index in [0.29, 0.717) is 0 Å². The lowest BCUT2D eigenvalue weighted by Crippen LogP contribution is -2.20. The Morgan fingerprint density at radius 2 is 2.23 bits per heavy atom. The highest BCUT2D eigenvalue weighted by atomic mass is 15.1. The molecule has 0 amide bonds. The third-order valence-electron chi connectivity index (χ3n) is 2.31. The van der Waals surface area contributed by atoms with Gasteiger partial charge in [-0.25, -0.2) is 4.99 Å². The molecule has 0 saturated carbocycles. The van der Waals surface area contributed by atoms with Gasteiger partial charge >= 0.3 is 0 Å². The van der Waals surface area contributed by atoms with Crippen LogP contribution in [0.5, 0.6) is 0 Å². The highest BCUT2D eigenvalue weighted by Gasteiger charge is 2.14. The Bertz CT molecular complexity index is 334. The number of aliphatic imine (C=N–C) groups is 1. The summed E-state index contributed by atoms with van der Waals surface area (Å²) in [6.45, 7) is 6.06. The molecule has 0 atom stereocenters. The van der Waals surface area contributed by atoms with Crippen molar-refractivity contribution in [1.82, 2.24) is 10.6 Å². The molecule has 3 nitrogen and oxygen atoms in total. The van der Waals surface area contributed by atoms with Crippen LogP contribution >= 0.6 is 0 Å². The van der Waals surface area contributed by atoms with Gasteiger partial charge in [-0.15, -0.1) is 0 Å². The highest BCUT2D eigenvalue weighted by molar-refractivity contribution is 5.64. The molecule has 0 bridgehead atoms. The van der Waals surface area contributed by atoms with E-state index >= 15 is 0 Å². The predicted octanol–water partition coefficient (Wildman–Crippen LogP) is 1.63. The zero-order valence-electron chi connectivity index (χ0n) is 7.72. The minimum absolute atomic E-state index is 0.931. The van der Waals surface area contributed by atoms with Gasteiger partial charge in [0, 0.05) is 17.5 Å². The molecule has 0 aromatic rings. The SMILES string of the molecule is C=C1NC=NC2=C1CCC(C)=CN2. The van der Waals surface area contributed by atoms with Gasteiger partial charge in [-0.3, -0.25) is 0 Å². The Morgan fingerprint density at radius 1 is 1.38 bits per heavy atom. The van der Waals surface area contributed by atoms with Crippen LogP contribution in [0.25, 0.3) is 0 Å². The molecule has 0 aliphatic carbocycles. The molecular formula is C10H13N3. The molecule has 3 heteroatoms. The van der Waals surface area contributed by atoms with E-state index in [2.05, 4.69) is 29.1 Å². The van der Waals surface area contributed by atoms with Crippen LogP contribution in [-0.4, -0.2) is 6.34 Å². The summed E-state index contributed by atoms with van der Waals surface area (Å²) in [5, 5.41) is 6.20. The summed E-state index contributed by atoms with van der Waals surface area (Å²) in [5.74, 6) is 0.931. The van der Waals surface area contributed by atoms with Crippen molar-refractivity contribution in [3.63, 3.8) is 0 Å². The fourth-order valence-corrected chi connectivity index (χ4v) is 1.46. The summed E-state index contributed by atoms with van der Waals surface area (Å²) >= 11 is 0. The van der Waals surface area contributed by atoms with Crippen molar-refractivity contribution in [3.8, 4) is 0 Å². The maximum atomic E-state index is 4.22. The second kappa shape index (κ2) is 3.09. The molecule has 0 aromatic carbocycles. The summed E-state index contributed by atoms with van der Waals surface area (Å²) < 4.78 is 0. The van der Waals surface area contributed by atoms with Gasteiger partial charge in [-0.2, -0.15) is 0 Å². The molecular weight excluding hydrogens is 162 g/mol. The van der Waals surface area contributed by atoms with E-state index in [1.807, 2.05) is 6.20 Å². The third-order valence-corrected chi connectivity index (χ3v) is 2.31. The van der Waals surface area contributed by atoms with E-state index in [0.717, 1.165) is 24.4 Å². The first-order chi connectivity index (χ1) is 6.27. The molecule has 2 rings (SSSR count). The van der Waals surface area contributed by atoms with Crippen molar-refractivity contribution < 1.29 is 0 Å². The summed E-state index contributed by atoms with van der Waals surface area (Å²) in [5.41, 5.74) is 3.49. The van der Waals surface area contributed by atoms with Crippen molar-refractivity contribution in [3.05, 3.63) is 35.4 Å². The van der Waals surface area contributed by atoms with Crippen LogP contribution in [0.3, 0.4) is 0 Å². The lowest BCUT2D eigenvalue weighted by Gasteiger charge is -2.16. The second-order valence-electron chi connectivity index (χ2n) is 3.34. The molecule has 68 valence electrons. The Labute approximate surface area is 77.9 Å².